The van der Waals surface area contributed by atoms with Crippen molar-refractivity contribution in [2.75, 3.05) is 16.8 Å². The highest BCUT2D eigenvalue weighted by molar-refractivity contribution is 7.09. The van der Waals surface area contributed by atoms with E-state index >= 15 is 0 Å². The van der Waals surface area contributed by atoms with Crippen molar-refractivity contribution in [2.24, 2.45) is 5.92 Å². The van der Waals surface area contributed by atoms with Gasteiger partial charge in [-0.25, -0.2) is 4.98 Å². The van der Waals surface area contributed by atoms with Gasteiger partial charge in [0, 0.05) is 17.8 Å². The van der Waals surface area contributed by atoms with Crippen molar-refractivity contribution in [1.82, 2.24) is 4.98 Å². The van der Waals surface area contributed by atoms with E-state index in [1.165, 1.54) is 17.8 Å². The highest BCUT2D eigenvalue weighted by Gasteiger charge is 2.28. The quantitative estimate of drug-likeness (QED) is 0.941. The van der Waals surface area contributed by atoms with Crippen molar-refractivity contribution in [3.63, 3.8) is 0 Å². The average Bonchev–Trinajstić information content (AvgIpc) is 3.28. The summed E-state index contributed by atoms with van der Waals surface area (Å²) in [7, 11) is 0. The lowest BCUT2D eigenvalue weighted by atomic mass is 10.1. The van der Waals surface area contributed by atoms with Gasteiger partial charge in [-0.3, -0.25) is 4.79 Å². The van der Waals surface area contributed by atoms with E-state index in [4.69, 9.17) is 4.98 Å². The maximum atomic E-state index is 12.1. The third kappa shape index (κ3) is 2.61. The molecule has 2 aliphatic rings. The SMILES string of the molecule is C[C@@H]1CN(Cc2csc(C3CC3)n2)c2ccccc2NC1=O. The number of hydrogen-bond donors (Lipinski definition) is 1. The first-order valence-corrected chi connectivity index (χ1v) is 8.68. The number of nitrogens with one attached hydrogen (secondary N) is 1. The lowest BCUT2D eigenvalue weighted by Gasteiger charge is -2.24. The number of nitrogens with zero attached hydrogens (tertiary/aromatic N) is 2. The number of thiazole rings is 1. The highest BCUT2D eigenvalue weighted by atomic mass is 32.1. The highest BCUT2D eigenvalue weighted by Crippen LogP contribution is 2.41. The lowest BCUT2D eigenvalue weighted by Crippen LogP contribution is -2.30. The first-order valence-electron chi connectivity index (χ1n) is 7.80. The van der Waals surface area contributed by atoms with Crippen molar-refractivity contribution >= 4 is 28.6 Å². The van der Waals surface area contributed by atoms with Gasteiger partial charge < -0.3 is 10.2 Å². The molecule has 4 nitrogen and oxygen atoms in total. The molecule has 1 N–H and O–H groups in total. The van der Waals surface area contributed by atoms with Crippen LogP contribution in [-0.4, -0.2) is 17.4 Å². The van der Waals surface area contributed by atoms with Crippen LogP contribution < -0.4 is 10.2 Å². The van der Waals surface area contributed by atoms with Crippen LogP contribution in [0.2, 0.25) is 0 Å². The summed E-state index contributed by atoms with van der Waals surface area (Å²) in [6.45, 7) is 3.46. The van der Waals surface area contributed by atoms with Crippen molar-refractivity contribution in [1.29, 1.82) is 0 Å². The summed E-state index contributed by atoms with van der Waals surface area (Å²) in [5.74, 6) is 0.762. The maximum absolute atomic E-state index is 12.1. The topological polar surface area (TPSA) is 45.2 Å². The summed E-state index contributed by atoms with van der Waals surface area (Å²) >= 11 is 1.78. The number of fused-ring (bicyclic) bond motifs is 1. The summed E-state index contributed by atoms with van der Waals surface area (Å²) in [5.41, 5.74) is 3.10. The molecule has 4 rings (SSSR count). The fourth-order valence-electron chi connectivity index (χ4n) is 2.88. The Hall–Kier alpha value is -1.88. The van der Waals surface area contributed by atoms with Crippen molar-refractivity contribution in [2.45, 2.75) is 32.2 Å². The number of benzene rings is 1. The Morgan fingerprint density at radius 3 is 3.00 bits per heavy atom. The summed E-state index contributed by atoms with van der Waals surface area (Å²) in [6, 6.07) is 8.02. The van der Waals surface area contributed by atoms with E-state index in [1.807, 2.05) is 25.1 Å². The molecular formula is C17H19N3OS. The summed E-state index contributed by atoms with van der Waals surface area (Å²) < 4.78 is 0. The van der Waals surface area contributed by atoms with Crippen LogP contribution in [0.25, 0.3) is 0 Å². The first kappa shape index (κ1) is 13.8. The number of amides is 1. The van der Waals surface area contributed by atoms with E-state index in [0.29, 0.717) is 5.92 Å². The second-order valence-electron chi connectivity index (χ2n) is 6.24. The molecule has 1 atom stereocenters. The van der Waals surface area contributed by atoms with Gasteiger partial charge in [-0.2, -0.15) is 0 Å². The number of rotatable bonds is 3. The molecule has 22 heavy (non-hydrogen) atoms. The molecule has 1 fully saturated rings. The predicted octanol–water partition coefficient (Wildman–Crippen LogP) is 3.62. The molecule has 2 aromatic rings. The van der Waals surface area contributed by atoms with Gasteiger partial charge >= 0.3 is 0 Å². The smallest absolute Gasteiger partial charge is 0.229 e. The molecule has 2 heterocycles. The van der Waals surface area contributed by atoms with Gasteiger partial charge in [-0.15, -0.1) is 11.3 Å². The molecule has 1 aliphatic carbocycles. The van der Waals surface area contributed by atoms with Gasteiger partial charge in [0.15, 0.2) is 0 Å². The van der Waals surface area contributed by atoms with Crippen molar-refractivity contribution < 1.29 is 4.79 Å². The molecule has 5 heteroatoms. The van der Waals surface area contributed by atoms with Crippen LogP contribution in [0, 0.1) is 5.92 Å². The molecular weight excluding hydrogens is 294 g/mol. The van der Waals surface area contributed by atoms with Crippen LogP contribution in [0.1, 0.15) is 36.4 Å². The molecule has 0 spiro atoms. The Morgan fingerprint density at radius 2 is 2.18 bits per heavy atom. The number of aromatic nitrogens is 1. The van der Waals surface area contributed by atoms with Crippen LogP contribution in [-0.2, 0) is 11.3 Å². The minimum atomic E-state index is -0.0334. The Bertz CT molecular complexity index is 707. The second-order valence-corrected chi connectivity index (χ2v) is 7.13. The average molecular weight is 313 g/mol. The van der Waals surface area contributed by atoms with E-state index < -0.39 is 0 Å². The third-order valence-electron chi connectivity index (χ3n) is 4.29. The Kier molecular flexibility index (Phi) is 3.37. The van der Waals surface area contributed by atoms with Gasteiger partial charge in [0.1, 0.15) is 0 Å². The maximum Gasteiger partial charge on any atom is 0.229 e. The first-order chi connectivity index (χ1) is 10.7. The van der Waals surface area contributed by atoms with E-state index in [-0.39, 0.29) is 11.8 Å². The summed E-state index contributed by atoms with van der Waals surface area (Å²) in [4.78, 5) is 19.2. The minimum Gasteiger partial charge on any atom is -0.363 e. The largest absolute Gasteiger partial charge is 0.363 e. The Balaban J connectivity index is 1.62. The molecule has 0 bridgehead atoms. The molecule has 1 saturated carbocycles. The number of hydrogen-bond acceptors (Lipinski definition) is 4. The molecule has 0 radical (unpaired) electrons. The molecule has 114 valence electrons. The van der Waals surface area contributed by atoms with E-state index in [2.05, 4.69) is 21.7 Å². The summed E-state index contributed by atoms with van der Waals surface area (Å²) in [5, 5.41) is 6.47. The molecule has 1 aliphatic heterocycles. The predicted molar refractivity (Wildman–Crippen MR) is 89.4 cm³/mol. The van der Waals surface area contributed by atoms with Gasteiger partial charge in [0.25, 0.3) is 0 Å². The number of carbonyl (C=O) groups excluding carboxylic acids is 1. The fraction of sp³-hybridized carbons (Fsp3) is 0.412. The van der Waals surface area contributed by atoms with E-state index in [1.54, 1.807) is 11.3 Å². The third-order valence-corrected chi connectivity index (χ3v) is 5.35. The van der Waals surface area contributed by atoms with Crippen LogP contribution in [0.3, 0.4) is 0 Å². The normalized spacial score (nSPS) is 21.2. The van der Waals surface area contributed by atoms with Crippen LogP contribution in [0.5, 0.6) is 0 Å². The van der Waals surface area contributed by atoms with Crippen LogP contribution in [0.15, 0.2) is 29.6 Å². The fourth-order valence-corrected chi connectivity index (χ4v) is 3.86. The van der Waals surface area contributed by atoms with Crippen molar-refractivity contribution in [3.05, 3.63) is 40.3 Å². The van der Waals surface area contributed by atoms with E-state index in [9.17, 15) is 4.79 Å². The molecule has 1 aromatic carbocycles. The van der Waals surface area contributed by atoms with Crippen LogP contribution in [0.4, 0.5) is 11.4 Å². The molecule has 0 unspecified atom stereocenters. The summed E-state index contributed by atoms with van der Waals surface area (Å²) in [6.07, 6.45) is 2.57. The van der Waals surface area contributed by atoms with Crippen LogP contribution >= 0.6 is 11.3 Å². The minimum absolute atomic E-state index is 0.0334. The zero-order valence-electron chi connectivity index (χ0n) is 12.6. The number of para-hydroxylation sites is 2. The molecule has 1 aromatic heterocycles. The van der Waals surface area contributed by atoms with Gasteiger partial charge in [0.2, 0.25) is 5.91 Å². The van der Waals surface area contributed by atoms with E-state index in [0.717, 1.165) is 30.2 Å². The van der Waals surface area contributed by atoms with Gasteiger partial charge in [0.05, 0.1) is 34.5 Å². The number of anilines is 2. The van der Waals surface area contributed by atoms with Gasteiger partial charge in [-0.05, 0) is 25.0 Å². The Morgan fingerprint density at radius 1 is 1.36 bits per heavy atom. The van der Waals surface area contributed by atoms with Crippen molar-refractivity contribution in [3.8, 4) is 0 Å². The van der Waals surface area contributed by atoms with Gasteiger partial charge in [-0.1, -0.05) is 19.1 Å². The lowest BCUT2D eigenvalue weighted by molar-refractivity contribution is -0.119. The zero-order valence-corrected chi connectivity index (χ0v) is 13.4. The molecule has 1 amide bonds. The number of carbonyl (C=O) groups is 1. The molecule has 0 saturated heterocycles. The zero-order chi connectivity index (χ0) is 15.1. The Labute approximate surface area is 134 Å². The second kappa shape index (κ2) is 5.39. The standard InChI is InChI=1S/C17H19N3OS/c1-11-8-20(9-13-10-22-17(18-13)12-6-7-12)15-5-3-2-4-14(15)19-16(11)21/h2-5,10-12H,6-9H2,1H3,(H,19,21)/t11-/m1/s1. The monoisotopic (exact) mass is 313 g/mol.